The number of esters is 1. The molecule has 1 aromatic heterocycles. The number of halogens is 3. The van der Waals surface area contributed by atoms with E-state index in [0.29, 0.717) is 0 Å². The molecule has 1 amide bonds. The Labute approximate surface area is 154 Å². The average Bonchev–Trinajstić information content (AvgIpc) is 3.06. The summed E-state index contributed by atoms with van der Waals surface area (Å²) in [7, 11) is 0. The largest absolute Gasteiger partial charge is 0.459 e. The van der Waals surface area contributed by atoms with Crippen LogP contribution in [0.25, 0.3) is 0 Å². The maximum Gasteiger partial charge on any atom is 0.451 e. The van der Waals surface area contributed by atoms with Gasteiger partial charge in [0.1, 0.15) is 23.4 Å². The molecule has 2 atom stereocenters. The summed E-state index contributed by atoms with van der Waals surface area (Å²) >= 11 is 0. The maximum absolute atomic E-state index is 13.3. The molecular weight excluding hydrogens is 367 g/mol. The van der Waals surface area contributed by atoms with Crippen molar-refractivity contribution in [3.05, 3.63) is 17.6 Å². The normalized spacial score (nSPS) is 24.3. The van der Waals surface area contributed by atoms with E-state index in [1.165, 1.54) is 13.0 Å². The fraction of sp³-hybridized carbons (Fsp3) is 0.647. The van der Waals surface area contributed by atoms with Crippen LogP contribution >= 0.6 is 0 Å². The molecule has 2 aliphatic heterocycles. The van der Waals surface area contributed by atoms with Crippen molar-refractivity contribution in [2.45, 2.75) is 51.6 Å². The van der Waals surface area contributed by atoms with Crippen LogP contribution in [0.1, 0.15) is 32.3 Å². The predicted molar refractivity (Wildman–Crippen MR) is 88.9 cm³/mol. The third-order valence-electron chi connectivity index (χ3n) is 4.39. The van der Waals surface area contributed by atoms with E-state index >= 15 is 0 Å². The summed E-state index contributed by atoms with van der Waals surface area (Å²) in [6.07, 6.45) is -4.73. The van der Waals surface area contributed by atoms with Crippen LogP contribution in [0.15, 0.2) is 10.5 Å². The number of anilines is 1. The molecule has 1 aromatic rings. The molecule has 0 aliphatic carbocycles. The topological polar surface area (TPSA) is 75.0 Å². The van der Waals surface area contributed by atoms with E-state index in [1.807, 2.05) is 0 Å². The molecule has 1 N–H and O–H groups in total. The molecule has 2 saturated heterocycles. The number of alkyl halides is 3. The summed E-state index contributed by atoms with van der Waals surface area (Å²) in [6, 6.07) is -0.318. The van der Waals surface area contributed by atoms with Crippen LogP contribution in [0.2, 0.25) is 0 Å². The molecule has 3 heterocycles. The number of nitrogens with zero attached hydrogens (tertiary/aromatic N) is 2. The Hall–Kier alpha value is -2.07. The molecule has 0 spiro atoms. The number of aryl methyl sites for hydroxylation is 1. The highest BCUT2D eigenvalue weighted by Gasteiger charge is 2.50. The molecule has 27 heavy (non-hydrogen) atoms. The van der Waals surface area contributed by atoms with Gasteiger partial charge in [0.05, 0.1) is 12.4 Å². The number of hydrogen-bond acceptors (Lipinski definition) is 6. The van der Waals surface area contributed by atoms with Gasteiger partial charge in [0.15, 0.2) is 0 Å². The number of carbonyl (C=O) groups excluding carboxylic acids is 2. The molecule has 2 aliphatic rings. The molecule has 0 aromatic carbocycles. The van der Waals surface area contributed by atoms with Crippen molar-refractivity contribution in [2.75, 3.05) is 24.7 Å². The Morgan fingerprint density at radius 2 is 1.96 bits per heavy atom. The Balaban J connectivity index is 1.89. The first-order chi connectivity index (χ1) is 12.4. The minimum absolute atomic E-state index is 0.0526. The average molecular weight is 389 g/mol. The summed E-state index contributed by atoms with van der Waals surface area (Å²) in [5, 5.41) is 2.99. The zero-order valence-electron chi connectivity index (χ0n) is 15.5. The molecule has 3 rings (SSSR count). The molecule has 7 nitrogen and oxygen atoms in total. The molecule has 2 fully saturated rings. The first kappa shape index (κ1) is 19.7. The minimum Gasteiger partial charge on any atom is -0.459 e. The van der Waals surface area contributed by atoms with E-state index < -0.39 is 41.5 Å². The number of piperazine rings is 1. The number of carbonyl (C=O) groups is 2. The summed E-state index contributed by atoms with van der Waals surface area (Å²) in [5.41, 5.74) is -1.04. The highest BCUT2D eigenvalue weighted by Crippen LogP contribution is 2.40. The second-order valence-electron chi connectivity index (χ2n) is 7.71. The van der Waals surface area contributed by atoms with Crippen LogP contribution in [0.5, 0.6) is 0 Å². The summed E-state index contributed by atoms with van der Waals surface area (Å²) in [4.78, 5) is 27.9. The Morgan fingerprint density at radius 1 is 1.30 bits per heavy atom. The van der Waals surface area contributed by atoms with Crippen LogP contribution in [0.4, 0.5) is 18.9 Å². The maximum atomic E-state index is 13.3. The van der Waals surface area contributed by atoms with Crippen LogP contribution in [0.3, 0.4) is 0 Å². The van der Waals surface area contributed by atoms with Crippen LogP contribution < -0.4 is 10.2 Å². The van der Waals surface area contributed by atoms with Gasteiger partial charge in [0.25, 0.3) is 0 Å². The highest BCUT2D eigenvalue weighted by molar-refractivity contribution is 6.00. The van der Waals surface area contributed by atoms with Gasteiger partial charge in [-0.1, -0.05) is 0 Å². The van der Waals surface area contributed by atoms with Gasteiger partial charge in [0, 0.05) is 19.2 Å². The molecule has 150 valence electrons. The lowest BCUT2D eigenvalue weighted by Gasteiger charge is -2.35. The zero-order valence-corrected chi connectivity index (χ0v) is 15.5. The molecule has 2 unspecified atom stereocenters. The molecule has 0 radical (unpaired) electrons. The summed E-state index contributed by atoms with van der Waals surface area (Å²) < 4.78 is 50.0. The fourth-order valence-electron chi connectivity index (χ4n) is 3.34. The number of hydrogen-bond donors (Lipinski definition) is 1. The van der Waals surface area contributed by atoms with Gasteiger partial charge in [-0.3, -0.25) is 19.4 Å². The molecular formula is C17H22F3N3O4. The van der Waals surface area contributed by atoms with Gasteiger partial charge in [-0.05, 0) is 27.7 Å². The summed E-state index contributed by atoms with van der Waals surface area (Å²) in [6.45, 7) is 6.92. The first-order valence-electron chi connectivity index (χ1n) is 8.57. The van der Waals surface area contributed by atoms with E-state index in [9.17, 15) is 22.8 Å². The lowest BCUT2D eigenvalue weighted by Crippen LogP contribution is -2.60. The van der Waals surface area contributed by atoms with Crippen LogP contribution in [-0.4, -0.2) is 54.2 Å². The number of nitrogens with one attached hydrogen (secondary N) is 1. The van der Waals surface area contributed by atoms with Gasteiger partial charge < -0.3 is 14.5 Å². The van der Waals surface area contributed by atoms with E-state index in [-0.39, 0.29) is 31.2 Å². The number of rotatable bonds is 2. The second-order valence-corrected chi connectivity index (χ2v) is 7.71. The number of ether oxygens (including phenoxy) is 1. The molecule has 0 saturated carbocycles. The standard InChI is InChI=1S/C17H22F3N3O4/c1-9-5-10(13(26-9)17(18,19)20)23-8-22-11(14(23)24)6-21-7-12(22)15(25)27-16(2,3)4/h5,11-12,21H,6-8H2,1-4H3. The van der Waals surface area contributed by atoms with Crippen LogP contribution in [0, 0.1) is 6.92 Å². The fourth-order valence-corrected chi connectivity index (χ4v) is 3.34. The van der Waals surface area contributed by atoms with Crippen molar-refractivity contribution in [1.82, 2.24) is 10.2 Å². The van der Waals surface area contributed by atoms with Crippen LogP contribution in [-0.2, 0) is 20.5 Å². The minimum atomic E-state index is -4.73. The number of fused-ring (bicyclic) bond motifs is 1. The Bertz CT molecular complexity index is 754. The monoisotopic (exact) mass is 389 g/mol. The van der Waals surface area contributed by atoms with E-state index in [1.54, 1.807) is 25.7 Å². The van der Waals surface area contributed by atoms with Gasteiger partial charge in [0.2, 0.25) is 11.7 Å². The zero-order chi connectivity index (χ0) is 20.1. The SMILES string of the molecule is Cc1cc(N2CN3C(C(=O)OC(C)(C)C)CNCC3C2=O)c(C(F)(F)F)o1. The smallest absolute Gasteiger partial charge is 0.451 e. The van der Waals surface area contributed by atoms with Crippen molar-refractivity contribution in [2.24, 2.45) is 0 Å². The first-order valence-corrected chi connectivity index (χ1v) is 8.57. The second kappa shape index (κ2) is 6.52. The van der Waals surface area contributed by atoms with Crippen molar-refractivity contribution >= 4 is 17.6 Å². The van der Waals surface area contributed by atoms with Crippen molar-refractivity contribution < 1.29 is 31.9 Å². The Kier molecular flexibility index (Phi) is 4.75. The molecule has 0 bridgehead atoms. The van der Waals surface area contributed by atoms with E-state index in [4.69, 9.17) is 9.15 Å². The lowest BCUT2D eigenvalue weighted by atomic mass is 10.1. The highest BCUT2D eigenvalue weighted by atomic mass is 19.4. The third-order valence-corrected chi connectivity index (χ3v) is 4.39. The quantitative estimate of drug-likeness (QED) is 0.779. The van der Waals surface area contributed by atoms with E-state index in [2.05, 4.69) is 5.32 Å². The molecule has 10 heteroatoms. The lowest BCUT2D eigenvalue weighted by molar-refractivity contribution is -0.162. The van der Waals surface area contributed by atoms with E-state index in [0.717, 1.165) is 4.90 Å². The number of amides is 1. The number of furan rings is 1. The van der Waals surface area contributed by atoms with Gasteiger partial charge in [-0.2, -0.15) is 13.2 Å². The van der Waals surface area contributed by atoms with Gasteiger partial charge in [-0.25, -0.2) is 0 Å². The predicted octanol–water partition coefficient (Wildman–Crippen LogP) is 1.90. The Morgan fingerprint density at radius 3 is 2.56 bits per heavy atom. The van der Waals surface area contributed by atoms with Gasteiger partial charge in [-0.15, -0.1) is 0 Å². The van der Waals surface area contributed by atoms with Crippen molar-refractivity contribution in [3.63, 3.8) is 0 Å². The van der Waals surface area contributed by atoms with Crippen molar-refractivity contribution in [1.29, 1.82) is 0 Å². The third kappa shape index (κ3) is 3.81. The summed E-state index contributed by atoms with van der Waals surface area (Å²) in [5.74, 6) is -2.19. The van der Waals surface area contributed by atoms with Gasteiger partial charge >= 0.3 is 12.1 Å². The van der Waals surface area contributed by atoms with Crippen molar-refractivity contribution in [3.8, 4) is 0 Å².